The number of ketones is 1. The molecule has 0 fully saturated rings. The Kier molecular flexibility index (Phi) is 4.08. The zero-order chi connectivity index (χ0) is 15.6. The molecule has 1 aromatic carbocycles. The molecule has 110 valence electrons. The van der Waals surface area contributed by atoms with Gasteiger partial charge in [-0.05, 0) is 24.3 Å². The third-order valence-electron chi connectivity index (χ3n) is 2.55. The molecule has 4 nitrogen and oxygen atoms in total. The van der Waals surface area contributed by atoms with Gasteiger partial charge in [0.2, 0.25) is 0 Å². The maximum absolute atomic E-state index is 12.4. The van der Waals surface area contributed by atoms with E-state index >= 15 is 0 Å². The maximum atomic E-state index is 12.4. The molecule has 0 radical (unpaired) electrons. The average molecular weight is 314 g/mol. The number of anilines is 1. The molecule has 0 aliphatic carbocycles. The van der Waals surface area contributed by atoms with Crippen LogP contribution in [-0.4, -0.2) is 16.7 Å². The number of Topliss-reactive ketones (excluding diaryl/α,β-unsaturated/α-hetero) is 1. The summed E-state index contributed by atoms with van der Waals surface area (Å²) < 4.78 is 37.2. The molecule has 0 aliphatic rings. The van der Waals surface area contributed by atoms with E-state index in [2.05, 4.69) is 10.3 Å². The van der Waals surface area contributed by atoms with Crippen molar-refractivity contribution in [3.05, 3.63) is 46.5 Å². The number of carbonyl (C=O) groups excluding carboxylic acids is 2. The van der Waals surface area contributed by atoms with E-state index in [9.17, 15) is 22.8 Å². The monoisotopic (exact) mass is 314 g/mol. The van der Waals surface area contributed by atoms with Gasteiger partial charge in [-0.1, -0.05) is 11.3 Å². The van der Waals surface area contributed by atoms with Gasteiger partial charge in [0.05, 0.1) is 16.6 Å². The van der Waals surface area contributed by atoms with E-state index in [4.69, 9.17) is 0 Å². The fourth-order valence-electron chi connectivity index (χ4n) is 1.47. The second-order valence-electron chi connectivity index (χ2n) is 4.12. The molecule has 2 rings (SSSR count). The fraction of sp³-hybridized carbons (Fsp3) is 0.154. The van der Waals surface area contributed by atoms with E-state index in [-0.39, 0.29) is 16.5 Å². The summed E-state index contributed by atoms with van der Waals surface area (Å²) in [4.78, 5) is 27.2. The van der Waals surface area contributed by atoms with E-state index in [1.54, 1.807) is 0 Å². The number of hydrogen-bond donors (Lipinski definition) is 1. The van der Waals surface area contributed by atoms with Crippen LogP contribution in [0.4, 0.5) is 18.3 Å². The van der Waals surface area contributed by atoms with Crippen molar-refractivity contribution in [3.63, 3.8) is 0 Å². The van der Waals surface area contributed by atoms with Crippen molar-refractivity contribution in [3.8, 4) is 0 Å². The summed E-state index contributed by atoms with van der Waals surface area (Å²) in [6.45, 7) is 1.37. The highest BCUT2D eigenvalue weighted by Gasteiger charge is 2.30. The normalized spacial score (nSPS) is 11.2. The van der Waals surface area contributed by atoms with Crippen molar-refractivity contribution in [1.29, 1.82) is 0 Å². The highest BCUT2D eigenvalue weighted by atomic mass is 32.1. The first-order valence-electron chi connectivity index (χ1n) is 5.73. The van der Waals surface area contributed by atoms with E-state index in [1.807, 2.05) is 0 Å². The molecule has 0 spiro atoms. The van der Waals surface area contributed by atoms with Crippen LogP contribution in [0.2, 0.25) is 0 Å². The summed E-state index contributed by atoms with van der Waals surface area (Å²) >= 11 is 0.999. The van der Waals surface area contributed by atoms with Crippen molar-refractivity contribution in [1.82, 2.24) is 4.98 Å². The predicted octanol–water partition coefficient (Wildman–Crippen LogP) is 3.62. The average Bonchev–Trinajstić information content (AvgIpc) is 2.86. The number of carbonyl (C=O) groups is 2. The van der Waals surface area contributed by atoms with Gasteiger partial charge in [0.15, 0.2) is 10.9 Å². The van der Waals surface area contributed by atoms with Gasteiger partial charge in [0, 0.05) is 12.5 Å². The molecular formula is C13H9F3N2O2S. The Morgan fingerprint density at radius 2 is 1.81 bits per heavy atom. The van der Waals surface area contributed by atoms with E-state index in [1.165, 1.54) is 13.1 Å². The molecule has 0 atom stereocenters. The van der Waals surface area contributed by atoms with Crippen molar-refractivity contribution < 1.29 is 22.8 Å². The van der Waals surface area contributed by atoms with Crippen LogP contribution in [0.15, 0.2) is 30.5 Å². The number of benzene rings is 1. The highest BCUT2D eigenvalue weighted by Crippen LogP contribution is 2.29. The first-order chi connectivity index (χ1) is 9.77. The van der Waals surface area contributed by atoms with Crippen molar-refractivity contribution in [2.75, 3.05) is 5.32 Å². The predicted molar refractivity (Wildman–Crippen MR) is 71.5 cm³/mol. The molecule has 2 aromatic rings. The van der Waals surface area contributed by atoms with Crippen molar-refractivity contribution in [2.45, 2.75) is 13.1 Å². The second kappa shape index (κ2) is 5.65. The molecule has 1 amide bonds. The van der Waals surface area contributed by atoms with Crippen LogP contribution in [0.25, 0.3) is 0 Å². The summed E-state index contributed by atoms with van der Waals surface area (Å²) in [6, 6.07) is 3.82. The lowest BCUT2D eigenvalue weighted by Gasteiger charge is -2.07. The van der Waals surface area contributed by atoms with Crippen LogP contribution < -0.4 is 5.32 Å². The minimum Gasteiger partial charge on any atom is -0.298 e. The van der Waals surface area contributed by atoms with Crippen LogP contribution in [0.3, 0.4) is 0 Å². The molecule has 0 unspecified atom stereocenters. The van der Waals surface area contributed by atoms with Crippen molar-refractivity contribution in [2.24, 2.45) is 0 Å². The number of nitrogens with one attached hydrogen (secondary N) is 1. The number of thiazole rings is 1. The minimum absolute atomic E-state index is 0.0718. The summed E-state index contributed by atoms with van der Waals surface area (Å²) in [5.41, 5.74) is -0.755. The number of nitrogens with zero attached hydrogens (tertiary/aromatic N) is 1. The standard InChI is InChI=1S/C13H9F3N2O2S/c1-7(19)10-6-17-12(21-10)18-11(20)8-2-4-9(5-3-8)13(14,15)16/h2-6H,1H3,(H,17,18,20). The fourth-order valence-corrected chi connectivity index (χ4v) is 2.18. The zero-order valence-electron chi connectivity index (χ0n) is 10.7. The third kappa shape index (κ3) is 3.66. The number of halogens is 3. The zero-order valence-corrected chi connectivity index (χ0v) is 11.5. The minimum atomic E-state index is -4.44. The van der Waals surface area contributed by atoms with Crippen molar-refractivity contribution >= 4 is 28.2 Å². The Labute approximate surface area is 121 Å². The molecule has 21 heavy (non-hydrogen) atoms. The molecule has 1 N–H and O–H groups in total. The van der Waals surface area contributed by atoms with E-state index in [0.717, 1.165) is 35.6 Å². The Balaban J connectivity index is 2.11. The molecule has 0 bridgehead atoms. The SMILES string of the molecule is CC(=O)c1cnc(NC(=O)c2ccc(C(F)(F)F)cc2)s1. The molecule has 8 heteroatoms. The van der Waals surface area contributed by atoms with E-state index < -0.39 is 17.6 Å². The lowest BCUT2D eigenvalue weighted by molar-refractivity contribution is -0.137. The summed E-state index contributed by atoms with van der Waals surface area (Å²) in [5, 5.41) is 2.64. The molecule has 1 aromatic heterocycles. The first-order valence-corrected chi connectivity index (χ1v) is 6.54. The molecule has 0 aliphatic heterocycles. The summed E-state index contributed by atoms with van der Waals surface area (Å²) in [5.74, 6) is -0.768. The topological polar surface area (TPSA) is 59.1 Å². The second-order valence-corrected chi connectivity index (χ2v) is 5.15. The van der Waals surface area contributed by atoms with E-state index in [0.29, 0.717) is 4.88 Å². The molecule has 0 saturated carbocycles. The summed E-state index contributed by atoms with van der Waals surface area (Å²) in [7, 11) is 0. The van der Waals surface area contributed by atoms with Crippen LogP contribution in [0.1, 0.15) is 32.5 Å². The van der Waals surface area contributed by atoms with Crippen LogP contribution >= 0.6 is 11.3 Å². The Hall–Kier alpha value is -2.22. The van der Waals surface area contributed by atoms with Gasteiger partial charge in [-0.3, -0.25) is 14.9 Å². The lowest BCUT2D eigenvalue weighted by Crippen LogP contribution is -2.12. The number of rotatable bonds is 3. The summed E-state index contributed by atoms with van der Waals surface area (Å²) in [6.07, 6.45) is -3.12. The smallest absolute Gasteiger partial charge is 0.298 e. The molecule has 0 saturated heterocycles. The van der Waals surface area contributed by atoms with Gasteiger partial charge in [-0.2, -0.15) is 13.2 Å². The van der Waals surface area contributed by atoms with Gasteiger partial charge >= 0.3 is 6.18 Å². The number of aromatic nitrogens is 1. The molecule has 1 heterocycles. The van der Waals surface area contributed by atoms with Crippen LogP contribution in [0, 0.1) is 0 Å². The Morgan fingerprint density at radius 3 is 2.29 bits per heavy atom. The van der Waals surface area contributed by atoms with Gasteiger partial charge in [0.25, 0.3) is 5.91 Å². The Bertz CT molecular complexity index is 677. The highest BCUT2D eigenvalue weighted by molar-refractivity contribution is 7.17. The number of amides is 1. The first kappa shape index (κ1) is 15.2. The maximum Gasteiger partial charge on any atom is 0.416 e. The third-order valence-corrected chi connectivity index (χ3v) is 3.56. The molecular weight excluding hydrogens is 305 g/mol. The van der Waals surface area contributed by atoms with Gasteiger partial charge < -0.3 is 0 Å². The van der Waals surface area contributed by atoms with Gasteiger partial charge in [-0.15, -0.1) is 0 Å². The Morgan fingerprint density at radius 1 is 1.19 bits per heavy atom. The van der Waals surface area contributed by atoms with Gasteiger partial charge in [-0.25, -0.2) is 4.98 Å². The van der Waals surface area contributed by atoms with Crippen LogP contribution in [-0.2, 0) is 6.18 Å². The number of hydrogen-bond acceptors (Lipinski definition) is 4. The van der Waals surface area contributed by atoms with Crippen LogP contribution in [0.5, 0.6) is 0 Å². The largest absolute Gasteiger partial charge is 0.416 e. The quantitative estimate of drug-likeness (QED) is 0.880. The van der Waals surface area contributed by atoms with Gasteiger partial charge in [0.1, 0.15) is 0 Å². The lowest BCUT2D eigenvalue weighted by atomic mass is 10.1. The number of alkyl halides is 3.